The van der Waals surface area contributed by atoms with Crippen LogP contribution < -0.4 is 10.1 Å². The molecule has 0 bridgehead atoms. The highest BCUT2D eigenvalue weighted by Gasteiger charge is 2.19. The Morgan fingerprint density at radius 2 is 2.32 bits per heavy atom. The van der Waals surface area contributed by atoms with Crippen LogP contribution in [-0.4, -0.2) is 48.1 Å². The van der Waals surface area contributed by atoms with E-state index in [-0.39, 0.29) is 25.0 Å². The van der Waals surface area contributed by atoms with Gasteiger partial charge >= 0.3 is 0 Å². The third-order valence-electron chi connectivity index (χ3n) is 2.74. The molecule has 102 valence electrons. The normalized spacial score (nSPS) is 15.0. The number of aliphatic hydroxyl groups is 1. The molecule has 0 saturated heterocycles. The number of carbonyl (C=O) groups is 2. The zero-order chi connectivity index (χ0) is 14.0. The van der Waals surface area contributed by atoms with Crippen LogP contribution in [0.2, 0.25) is 0 Å². The van der Waals surface area contributed by atoms with Gasteiger partial charge in [0.25, 0.3) is 11.8 Å². The predicted molar refractivity (Wildman–Crippen MR) is 69.2 cm³/mol. The smallest absolute Gasteiger partial charge is 0.262 e. The van der Waals surface area contributed by atoms with Gasteiger partial charge in [0.15, 0.2) is 6.61 Å². The van der Waals surface area contributed by atoms with Gasteiger partial charge in [-0.25, -0.2) is 0 Å². The summed E-state index contributed by atoms with van der Waals surface area (Å²) in [6, 6.07) is 4.86. The number of nitrogens with zero attached hydrogens (tertiary/aromatic N) is 1. The van der Waals surface area contributed by atoms with Gasteiger partial charge in [0.2, 0.25) is 0 Å². The van der Waals surface area contributed by atoms with Crippen LogP contribution in [0, 0.1) is 0 Å². The van der Waals surface area contributed by atoms with Gasteiger partial charge < -0.3 is 20.1 Å². The molecule has 0 aromatic heterocycles. The van der Waals surface area contributed by atoms with E-state index < -0.39 is 6.10 Å². The molecule has 1 atom stereocenters. The van der Waals surface area contributed by atoms with E-state index in [9.17, 15) is 14.7 Å². The van der Waals surface area contributed by atoms with Gasteiger partial charge in [-0.3, -0.25) is 9.59 Å². The molecule has 1 heterocycles. The molecular formula is C13H16N2O4. The number of likely N-dealkylation sites (N-methyl/N-ethyl adjacent to an activating group) is 1. The van der Waals surface area contributed by atoms with Crippen molar-refractivity contribution >= 4 is 17.5 Å². The lowest BCUT2D eigenvalue weighted by molar-refractivity contribution is -0.118. The highest BCUT2D eigenvalue weighted by Crippen LogP contribution is 2.28. The number of hydrogen-bond donors (Lipinski definition) is 2. The first kappa shape index (κ1) is 13.4. The van der Waals surface area contributed by atoms with Crippen molar-refractivity contribution in [3.05, 3.63) is 23.8 Å². The Hall–Kier alpha value is -2.08. The largest absolute Gasteiger partial charge is 0.482 e. The van der Waals surface area contributed by atoms with E-state index in [0.717, 1.165) is 0 Å². The first-order valence-electron chi connectivity index (χ1n) is 5.97. The van der Waals surface area contributed by atoms with Crippen molar-refractivity contribution in [3.8, 4) is 5.75 Å². The Labute approximate surface area is 111 Å². The summed E-state index contributed by atoms with van der Waals surface area (Å²) in [5, 5.41) is 11.9. The number of carbonyl (C=O) groups excluding carboxylic acids is 2. The van der Waals surface area contributed by atoms with Crippen LogP contribution >= 0.6 is 0 Å². The molecule has 0 fully saturated rings. The van der Waals surface area contributed by atoms with Gasteiger partial charge in [-0.2, -0.15) is 0 Å². The molecule has 1 aromatic rings. The van der Waals surface area contributed by atoms with Crippen LogP contribution in [0.3, 0.4) is 0 Å². The van der Waals surface area contributed by atoms with Crippen LogP contribution in [0.4, 0.5) is 5.69 Å². The second-order valence-corrected chi connectivity index (χ2v) is 4.58. The summed E-state index contributed by atoms with van der Waals surface area (Å²) in [6.45, 7) is 1.85. The third kappa shape index (κ3) is 3.03. The van der Waals surface area contributed by atoms with Crippen molar-refractivity contribution in [2.45, 2.75) is 13.0 Å². The summed E-state index contributed by atoms with van der Waals surface area (Å²) >= 11 is 0. The average Bonchev–Trinajstić information content (AvgIpc) is 2.36. The predicted octanol–water partition coefficient (Wildman–Crippen LogP) is 0.470. The maximum atomic E-state index is 12.1. The van der Waals surface area contributed by atoms with Crippen molar-refractivity contribution < 1.29 is 19.4 Å². The lowest BCUT2D eigenvalue weighted by Gasteiger charge is -2.21. The molecule has 1 aromatic carbocycles. The Bertz CT molecular complexity index is 513. The molecule has 0 radical (unpaired) electrons. The second kappa shape index (κ2) is 5.27. The van der Waals surface area contributed by atoms with E-state index in [1.54, 1.807) is 32.2 Å². The third-order valence-corrected chi connectivity index (χ3v) is 2.74. The van der Waals surface area contributed by atoms with E-state index in [0.29, 0.717) is 17.0 Å². The fourth-order valence-corrected chi connectivity index (χ4v) is 1.92. The first-order valence-corrected chi connectivity index (χ1v) is 5.97. The molecule has 1 unspecified atom stereocenters. The molecule has 2 N–H and O–H groups in total. The van der Waals surface area contributed by atoms with E-state index in [4.69, 9.17) is 4.74 Å². The standard InChI is InChI=1S/C13H16N2O4/c1-8(16)6-15(2)13(18)9-3-4-11-10(5-9)14-12(17)7-19-11/h3-5,8,16H,6-7H2,1-2H3,(H,14,17). The van der Waals surface area contributed by atoms with E-state index in [1.165, 1.54) is 4.90 Å². The fraction of sp³-hybridized carbons (Fsp3) is 0.385. The van der Waals surface area contributed by atoms with Gasteiger partial charge in [0, 0.05) is 19.2 Å². The molecule has 0 saturated carbocycles. The van der Waals surface area contributed by atoms with Crippen LogP contribution in [0.15, 0.2) is 18.2 Å². The molecule has 2 rings (SSSR count). The summed E-state index contributed by atoms with van der Waals surface area (Å²) in [4.78, 5) is 24.8. The van der Waals surface area contributed by atoms with Gasteiger partial charge in [0.1, 0.15) is 5.75 Å². The second-order valence-electron chi connectivity index (χ2n) is 4.58. The molecular weight excluding hydrogens is 248 g/mol. The average molecular weight is 264 g/mol. The van der Waals surface area contributed by atoms with Gasteiger partial charge in [0.05, 0.1) is 11.8 Å². The highest BCUT2D eigenvalue weighted by molar-refractivity contribution is 5.99. The van der Waals surface area contributed by atoms with Crippen molar-refractivity contribution in [1.82, 2.24) is 4.90 Å². The summed E-state index contributed by atoms with van der Waals surface area (Å²) in [6.07, 6.45) is -0.588. The SMILES string of the molecule is CC(O)CN(C)C(=O)c1ccc2c(c1)NC(=O)CO2. The molecule has 6 nitrogen and oxygen atoms in total. The summed E-state index contributed by atoms with van der Waals surface area (Å²) in [5.41, 5.74) is 0.931. The summed E-state index contributed by atoms with van der Waals surface area (Å²) in [5.74, 6) is 0.0901. The fourth-order valence-electron chi connectivity index (χ4n) is 1.92. The molecule has 1 aliphatic heterocycles. The first-order chi connectivity index (χ1) is 8.97. The van der Waals surface area contributed by atoms with Gasteiger partial charge in [-0.15, -0.1) is 0 Å². The molecule has 0 spiro atoms. The van der Waals surface area contributed by atoms with Crippen molar-refractivity contribution in [1.29, 1.82) is 0 Å². The topological polar surface area (TPSA) is 78.9 Å². The summed E-state index contributed by atoms with van der Waals surface area (Å²) < 4.78 is 5.22. The lowest BCUT2D eigenvalue weighted by Crippen LogP contribution is -2.33. The minimum atomic E-state index is -0.588. The zero-order valence-corrected chi connectivity index (χ0v) is 10.8. The Morgan fingerprint density at radius 3 is 3.00 bits per heavy atom. The minimum absolute atomic E-state index is 0.0117. The Kier molecular flexibility index (Phi) is 3.71. The molecule has 1 aliphatic rings. The Balaban J connectivity index is 2.19. The van der Waals surface area contributed by atoms with Gasteiger partial charge in [-0.05, 0) is 25.1 Å². The van der Waals surface area contributed by atoms with Crippen LogP contribution in [-0.2, 0) is 4.79 Å². The van der Waals surface area contributed by atoms with Crippen molar-refractivity contribution in [2.24, 2.45) is 0 Å². The van der Waals surface area contributed by atoms with Crippen LogP contribution in [0.1, 0.15) is 17.3 Å². The minimum Gasteiger partial charge on any atom is -0.482 e. The van der Waals surface area contributed by atoms with Crippen LogP contribution in [0.5, 0.6) is 5.75 Å². The number of anilines is 1. The van der Waals surface area contributed by atoms with E-state index in [1.807, 2.05) is 0 Å². The number of aliphatic hydroxyl groups excluding tert-OH is 1. The maximum absolute atomic E-state index is 12.1. The van der Waals surface area contributed by atoms with Crippen molar-refractivity contribution in [2.75, 3.05) is 25.5 Å². The van der Waals surface area contributed by atoms with E-state index >= 15 is 0 Å². The molecule has 19 heavy (non-hydrogen) atoms. The number of benzene rings is 1. The maximum Gasteiger partial charge on any atom is 0.262 e. The molecule has 0 aliphatic carbocycles. The number of nitrogens with one attached hydrogen (secondary N) is 1. The summed E-state index contributed by atoms with van der Waals surface area (Å²) in [7, 11) is 1.61. The monoisotopic (exact) mass is 264 g/mol. The number of rotatable bonds is 3. The number of amides is 2. The number of fused-ring (bicyclic) bond motifs is 1. The lowest BCUT2D eigenvalue weighted by atomic mass is 10.1. The Morgan fingerprint density at radius 1 is 1.58 bits per heavy atom. The van der Waals surface area contributed by atoms with Gasteiger partial charge in [-0.1, -0.05) is 0 Å². The molecule has 6 heteroatoms. The zero-order valence-electron chi connectivity index (χ0n) is 10.8. The highest BCUT2D eigenvalue weighted by atomic mass is 16.5. The van der Waals surface area contributed by atoms with Crippen LogP contribution in [0.25, 0.3) is 0 Å². The quantitative estimate of drug-likeness (QED) is 0.831. The molecule has 2 amide bonds. The number of ether oxygens (including phenoxy) is 1. The van der Waals surface area contributed by atoms with E-state index in [2.05, 4.69) is 5.32 Å². The number of hydrogen-bond acceptors (Lipinski definition) is 4. The van der Waals surface area contributed by atoms with Crippen molar-refractivity contribution in [3.63, 3.8) is 0 Å².